The molecule has 0 fully saturated rings. The van der Waals surface area contributed by atoms with Crippen LogP contribution in [0.5, 0.6) is 11.6 Å². The van der Waals surface area contributed by atoms with Crippen LogP contribution in [0.3, 0.4) is 0 Å². The summed E-state index contributed by atoms with van der Waals surface area (Å²) in [5.74, 6) is 1.43. The molecule has 2 aromatic rings. The maximum atomic E-state index is 5.70. The smallest absolute Gasteiger partial charge is 0.112 e. The summed E-state index contributed by atoms with van der Waals surface area (Å²) in [7, 11) is 0. The number of benzene rings is 1. The van der Waals surface area contributed by atoms with E-state index in [1.807, 2.05) is 44.2 Å². The van der Waals surface area contributed by atoms with Crippen LogP contribution in [0.15, 0.2) is 30.3 Å². The molecule has 0 amide bonds. The fourth-order valence-corrected chi connectivity index (χ4v) is 1.44. The van der Waals surface area contributed by atoms with E-state index in [0.29, 0.717) is 5.88 Å². The molecule has 0 unspecified atom stereocenters. The Labute approximate surface area is 127 Å². The Balaban J connectivity index is 0.00000144. The summed E-state index contributed by atoms with van der Waals surface area (Å²) in [5, 5.41) is 0. The van der Waals surface area contributed by atoms with Gasteiger partial charge in [0.2, 0.25) is 0 Å². The quantitative estimate of drug-likeness (QED) is 0.791. The molecular formula is C14H14NOY-. The standard InChI is InChI=1S/C14H14NO.Y/c1-10-9-15-14(12(3)11(10)2)16-13-7-5-4-6-8-13;/h4-8H,1-3H3;/q-1;. The fraction of sp³-hybridized carbons (Fsp3) is 0.214. The molecule has 85 valence electrons. The number of aryl methyl sites for hydroxylation is 1. The topological polar surface area (TPSA) is 22.1 Å². The van der Waals surface area contributed by atoms with Crippen LogP contribution >= 0.6 is 0 Å². The number of pyridine rings is 1. The third-order valence-electron chi connectivity index (χ3n) is 2.73. The van der Waals surface area contributed by atoms with Gasteiger partial charge in [-0.15, -0.1) is 11.1 Å². The van der Waals surface area contributed by atoms with E-state index in [2.05, 4.69) is 18.1 Å². The first-order chi connectivity index (χ1) is 7.68. The number of hydrogen-bond donors (Lipinski definition) is 0. The Morgan fingerprint density at radius 3 is 2.29 bits per heavy atom. The minimum Gasteiger partial charge on any atom is -0.499 e. The Morgan fingerprint density at radius 1 is 1.00 bits per heavy atom. The van der Waals surface area contributed by atoms with Gasteiger partial charge in [0.05, 0.1) is 0 Å². The predicted octanol–water partition coefficient (Wildman–Crippen LogP) is 3.60. The first kappa shape index (κ1) is 14.3. The van der Waals surface area contributed by atoms with Gasteiger partial charge in [-0.05, 0) is 12.1 Å². The summed E-state index contributed by atoms with van der Waals surface area (Å²) in [6.07, 6.45) is 2.95. The minimum atomic E-state index is 0. The van der Waals surface area contributed by atoms with Crippen LogP contribution < -0.4 is 4.74 Å². The molecule has 0 atom stereocenters. The van der Waals surface area contributed by atoms with Crippen molar-refractivity contribution in [3.63, 3.8) is 0 Å². The minimum absolute atomic E-state index is 0. The largest absolute Gasteiger partial charge is 0.499 e. The molecule has 0 saturated heterocycles. The van der Waals surface area contributed by atoms with Crippen molar-refractivity contribution < 1.29 is 37.4 Å². The number of para-hydroxylation sites is 1. The average molecular weight is 301 g/mol. The average Bonchev–Trinajstić information content (AvgIpc) is 2.31. The molecule has 2 rings (SSSR count). The summed E-state index contributed by atoms with van der Waals surface area (Å²) >= 11 is 0. The van der Waals surface area contributed by atoms with Crippen molar-refractivity contribution in [2.45, 2.75) is 20.8 Å². The second-order valence-corrected chi connectivity index (χ2v) is 3.82. The van der Waals surface area contributed by atoms with Gasteiger partial charge in [0.15, 0.2) is 0 Å². The van der Waals surface area contributed by atoms with E-state index < -0.39 is 0 Å². The monoisotopic (exact) mass is 301 g/mol. The Kier molecular flexibility index (Phi) is 5.29. The van der Waals surface area contributed by atoms with Crippen LogP contribution in [0.25, 0.3) is 0 Å². The summed E-state index contributed by atoms with van der Waals surface area (Å²) in [4.78, 5) is 4.19. The van der Waals surface area contributed by atoms with E-state index in [4.69, 9.17) is 4.74 Å². The van der Waals surface area contributed by atoms with Crippen molar-refractivity contribution in [2.24, 2.45) is 0 Å². The number of hydrogen-bond acceptors (Lipinski definition) is 2. The van der Waals surface area contributed by atoms with Crippen LogP contribution in [0, 0.1) is 27.0 Å². The number of rotatable bonds is 2. The molecule has 0 spiro atoms. The number of nitrogens with zero attached hydrogens (tertiary/aromatic N) is 1. The summed E-state index contributed by atoms with van der Waals surface area (Å²) in [5.41, 5.74) is 3.32. The fourth-order valence-electron chi connectivity index (χ4n) is 1.44. The van der Waals surface area contributed by atoms with E-state index in [1.165, 1.54) is 5.56 Å². The van der Waals surface area contributed by atoms with Gasteiger partial charge in [0.1, 0.15) is 11.6 Å². The first-order valence-corrected chi connectivity index (χ1v) is 5.27. The van der Waals surface area contributed by atoms with Gasteiger partial charge >= 0.3 is 0 Å². The molecule has 2 nitrogen and oxygen atoms in total. The van der Waals surface area contributed by atoms with Crippen LogP contribution in [-0.4, -0.2) is 4.98 Å². The van der Waals surface area contributed by atoms with Crippen molar-refractivity contribution in [1.82, 2.24) is 4.98 Å². The van der Waals surface area contributed by atoms with Gasteiger partial charge in [0.25, 0.3) is 0 Å². The van der Waals surface area contributed by atoms with Gasteiger partial charge in [-0.1, -0.05) is 50.7 Å². The van der Waals surface area contributed by atoms with Crippen molar-refractivity contribution >= 4 is 0 Å². The van der Waals surface area contributed by atoms with Crippen molar-refractivity contribution in [2.75, 3.05) is 0 Å². The summed E-state index contributed by atoms with van der Waals surface area (Å²) < 4.78 is 5.70. The SMILES string of the molecule is Cc1[c-]nc(Oc2ccccc2)c(C)c1C.[Y]. The van der Waals surface area contributed by atoms with Gasteiger partial charge in [-0.2, -0.15) is 0 Å². The van der Waals surface area contributed by atoms with Gasteiger partial charge in [0, 0.05) is 32.7 Å². The molecule has 0 aliphatic carbocycles. The first-order valence-electron chi connectivity index (χ1n) is 5.27. The molecule has 0 bridgehead atoms. The molecule has 0 aliphatic rings. The number of ether oxygens (including phenoxy) is 1. The number of aromatic nitrogens is 1. The third kappa shape index (κ3) is 3.37. The van der Waals surface area contributed by atoms with Gasteiger partial charge in [-0.3, -0.25) is 0 Å². The predicted molar refractivity (Wildman–Crippen MR) is 63.8 cm³/mol. The zero-order valence-electron chi connectivity index (χ0n) is 10.3. The van der Waals surface area contributed by atoms with Crippen molar-refractivity contribution in [3.05, 3.63) is 53.2 Å². The second-order valence-electron chi connectivity index (χ2n) is 3.82. The third-order valence-corrected chi connectivity index (χ3v) is 2.73. The molecule has 3 heteroatoms. The molecule has 17 heavy (non-hydrogen) atoms. The molecule has 1 aromatic carbocycles. The second kappa shape index (κ2) is 6.27. The molecular weight excluding hydrogens is 287 g/mol. The maximum absolute atomic E-state index is 5.70. The van der Waals surface area contributed by atoms with E-state index in [-0.39, 0.29) is 32.7 Å². The molecule has 0 aliphatic heterocycles. The van der Waals surface area contributed by atoms with Gasteiger partial charge in [-0.25, -0.2) is 0 Å². The maximum Gasteiger partial charge on any atom is 0.112 e. The van der Waals surface area contributed by atoms with Crippen LogP contribution in [-0.2, 0) is 32.7 Å². The van der Waals surface area contributed by atoms with Crippen LogP contribution in [0.2, 0.25) is 0 Å². The van der Waals surface area contributed by atoms with E-state index in [1.54, 1.807) is 0 Å². The van der Waals surface area contributed by atoms with Gasteiger partial charge < -0.3 is 9.72 Å². The molecule has 0 saturated carbocycles. The summed E-state index contributed by atoms with van der Waals surface area (Å²) in [6, 6.07) is 9.66. The summed E-state index contributed by atoms with van der Waals surface area (Å²) in [6.45, 7) is 6.07. The molecule has 1 aromatic heterocycles. The van der Waals surface area contributed by atoms with Crippen molar-refractivity contribution in [1.29, 1.82) is 0 Å². The van der Waals surface area contributed by atoms with Crippen LogP contribution in [0.1, 0.15) is 16.7 Å². The zero-order chi connectivity index (χ0) is 11.5. The normalized spacial score (nSPS) is 9.59. The van der Waals surface area contributed by atoms with E-state index >= 15 is 0 Å². The van der Waals surface area contributed by atoms with Crippen LogP contribution in [0.4, 0.5) is 0 Å². The molecule has 1 radical (unpaired) electrons. The Morgan fingerprint density at radius 2 is 1.65 bits per heavy atom. The zero-order valence-corrected chi connectivity index (χ0v) is 13.2. The Bertz CT molecular complexity index is 497. The molecule has 1 heterocycles. The Hall–Kier alpha value is -0.726. The van der Waals surface area contributed by atoms with E-state index in [9.17, 15) is 0 Å². The molecule has 0 N–H and O–H groups in total. The van der Waals surface area contributed by atoms with E-state index in [0.717, 1.165) is 16.9 Å². The van der Waals surface area contributed by atoms with Crippen molar-refractivity contribution in [3.8, 4) is 11.6 Å².